The molecular weight excluding hydrogens is 324 g/mol. The van der Waals surface area contributed by atoms with Gasteiger partial charge in [0.2, 0.25) is 11.8 Å². The smallest absolute Gasteiger partial charge is 0.246 e. The zero-order valence-corrected chi connectivity index (χ0v) is 14.5. The van der Waals surface area contributed by atoms with Crippen LogP contribution in [0.1, 0.15) is 49.3 Å². The zero-order valence-electron chi connectivity index (χ0n) is 13.8. The van der Waals surface area contributed by atoms with Crippen LogP contribution in [0.25, 0.3) is 0 Å². The van der Waals surface area contributed by atoms with Gasteiger partial charge in [0.15, 0.2) is 0 Å². The van der Waals surface area contributed by atoms with Gasteiger partial charge in [-0.25, -0.2) is 0 Å². The minimum Gasteiger partial charge on any atom is -0.349 e. The Hall–Kier alpha value is -1.81. The third kappa shape index (κ3) is 3.64. The molecule has 5 heteroatoms. The highest BCUT2D eigenvalue weighted by atomic mass is 35.5. The van der Waals surface area contributed by atoms with Gasteiger partial charge in [0.05, 0.1) is 6.04 Å². The first-order chi connectivity index (χ1) is 11.6. The van der Waals surface area contributed by atoms with Gasteiger partial charge in [-0.2, -0.15) is 0 Å². The summed E-state index contributed by atoms with van der Waals surface area (Å²) >= 11 is 6.07. The van der Waals surface area contributed by atoms with Gasteiger partial charge in [0.25, 0.3) is 0 Å². The first-order valence-electron chi connectivity index (χ1n) is 8.59. The predicted molar refractivity (Wildman–Crippen MR) is 94.8 cm³/mol. The van der Waals surface area contributed by atoms with Gasteiger partial charge in [-0.1, -0.05) is 24.2 Å². The molecule has 1 aliphatic carbocycles. The summed E-state index contributed by atoms with van der Waals surface area (Å²) in [5.41, 5.74) is 2.41. The van der Waals surface area contributed by atoms with Crippen LogP contribution >= 0.6 is 11.6 Å². The molecule has 2 aliphatic rings. The molecule has 4 nitrogen and oxygen atoms in total. The molecule has 0 spiro atoms. The fourth-order valence-corrected chi connectivity index (χ4v) is 4.01. The first kappa shape index (κ1) is 17.0. The number of aryl methyl sites for hydroxylation is 1. The average Bonchev–Trinajstić information content (AvgIpc) is 3.19. The van der Waals surface area contributed by atoms with E-state index in [1.165, 1.54) is 11.6 Å². The Labute approximate surface area is 147 Å². The molecule has 2 amide bonds. The topological polar surface area (TPSA) is 49.4 Å². The summed E-state index contributed by atoms with van der Waals surface area (Å²) in [6, 6.07) is 6.11. The number of hydrogen-bond acceptors (Lipinski definition) is 2. The molecule has 1 heterocycles. The van der Waals surface area contributed by atoms with Crippen molar-refractivity contribution >= 4 is 23.4 Å². The SMILES string of the molecule is C=CC(=O)N1CCCC1CCC(=O)NC1CCc2ccc(Cl)cc21. The summed E-state index contributed by atoms with van der Waals surface area (Å²) in [5.74, 6) is 0.0167. The molecule has 2 unspecified atom stereocenters. The van der Waals surface area contributed by atoms with Crippen molar-refractivity contribution in [3.63, 3.8) is 0 Å². The van der Waals surface area contributed by atoms with Gasteiger partial charge in [0.1, 0.15) is 0 Å². The standard InChI is InChI=1S/C19H23ClN2O2/c1-2-19(24)22-11-3-4-15(22)8-10-18(23)21-17-9-6-13-5-7-14(20)12-16(13)17/h2,5,7,12,15,17H,1,3-4,6,8-11H2,(H,21,23). The normalized spacial score (nSPS) is 22.3. The molecule has 1 N–H and O–H groups in total. The van der Waals surface area contributed by atoms with Gasteiger partial charge >= 0.3 is 0 Å². The third-order valence-electron chi connectivity index (χ3n) is 5.06. The van der Waals surface area contributed by atoms with Crippen molar-refractivity contribution in [3.8, 4) is 0 Å². The van der Waals surface area contributed by atoms with Gasteiger partial charge in [-0.3, -0.25) is 9.59 Å². The number of fused-ring (bicyclic) bond motifs is 1. The Bertz CT molecular complexity index is 659. The maximum absolute atomic E-state index is 12.3. The highest BCUT2D eigenvalue weighted by Gasteiger charge is 2.28. The maximum atomic E-state index is 12.3. The minimum absolute atomic E-state index is 0.0303. The molecule has 0 saturated carbocycles. The van der Waals surface area contributed by atoms with Crippen LogP contribution in [0.2, 0.25) is 5.02 Å². The van der Waals surface area contributed by atoms with E-state index in [0.717, 1.165) is 37.8 Å². The number of nitrogens with zero attached hydrogens (tertiary/aromatic N) is 1. The monoisotopic (exact) mass is 346 g/mol. The number of benzene rings is 1. The van der Waals surface area contributed by atoms with E-state index in [-0.39, 0.29) is 23.9 Å². The lowest BCUT2D eigenvalue weighted by Gasteiger charge is -2.23. The second kappa shape index (κ2) is 7.39. The van der Waals surface area contributed by atoms with Crippen molar-refractivity contribution in [1.82, 2.24) is 10.2 Å². The van der Waals surface area contributed by atoms with E-state index >= 15 is 0 Å². The van der Waals surface area contributed by atoms with Crippen molar-refractivity contribution in [2.45, 2.75) is 50.6 Å². The van der Waals surface area contributed by atoms with E-state index in [2.05, 4.69) is 11.9 Å². The first-order valence-corrected chi connectivity index (χ1v) is 8.97. The molecular formula is C19H23ClN2O2. The zero-order chi connectivity index (χ0) is 17.1. The van der Waals surface area contributed by atoms with Crippen LogP contribution in [0.15, 0.2) is 30.9 Å². The average molecular weight is 347 g/mol. The molecule has 1 saturated heterocycles. The summed E-state index contributed by atoms with van der Waals surface area (Å²) < 4.78 is 0. The Morgan fingerprint density at radius 3 is 3.00 bits per heavy atom. The van der Waals surface area contributed by atoms with Crippen molar-refractivity contribution in [2.24, 2.45) is 0 Å². The number of carbonyl (C=O) groups excluding carboxylic acids is 2. The van der Waals surface area contributed by atoms with Crippen LogP contribution in [-0.4, -0.2) is 29.3 Å². The number of carbonyl (C=O) groups is 2. The lowest BCUT2D eigenvalue weighted by molar-refractivity contribution is -0.128. The highest BCUT2D eigenvalue weighted by molar-refractivity contribution is 6.30. The van der Waals surface area contributed by atoms with Gasteiger partial charge < -0.3 is 10.2 Å². The Kier molecular flexibility index (Phi) is 5.24. The van der Waals surface area contributed by atoms with Gasteiger partial charge in [-0.15, -0.1) is 0 Å². The van der Waals surface area contributed by atoms with E-state index < -0.39 is 0 Å². The highest BCUT2D eigenvalue weighted by Crippen LogP contribution is 2.33. The number of hydrogen-bond donors (Lipinski definition) is 1. The summed E-state index contributed by atoms with van der Waals surface area (Å²) in [7, 11) is 0. The van der Waals surface area contributed by atoms with E-state index in [1.54, 1.807) is 0 Å². The second-order valence-corrected chi connectivity index (χ2v) is 7.01. The quantitative estimate of drug-likeness (QED) is 0.831. The molecule has 3 rings (SSSR count). The summed E-state index contributed by atoms with van der Waals surface area (Å²) in [4.78, 5) is 26.0. The molecule has 0 bridgehead atoms. The van der Waals surface area contributed by atoms with E-state index in [4.69, 9.17) is 11.6 Å². The van der Waals surface area contributed by atoms with Crippen LogP contribution in [-0.2, 0) is 16.0 Å². The van der Waals surface area contributed by atoms with Crippen LogP contribution in [0.5, 0.6) is 0 Å². The summed E-state index contributed by atoms with van der Waals surface area (Å²) in [6.07, 6.45) is 6.37. The minimum atomic E-state index is -0.0303. The second-order valence-electron chi connectivity index (χ2n) is 6.57. The van der Waals surface area contributed by atoms with Crippen LogP contribution in [0.4, 0.5) is 0 Å². The van der Waals surface area contributed by atoms with Gasteiger partial charge in [0, 0.05) is 24.0 Å². The predicted octanol–water partition coefficient (Wildman–Crippen LogP) is 3.40. The van der Waals surface area contributed by atoms with Gasteiger partial charge in [-0.05, 0) is 61.4 Å². The van der Waals surface area contributed by atoms with Crippen LogP contribution < -0.4 is 5.32 Å². The molecule has 1 aliphatic heterocycles. The van der Waals surface area contributed by atoms with Crippen LogP contribution in [0.3, 0.4) is 0 Å². The number of likely N-dealkylation sites (tertiary alicyclic amines) is 1. The van der Waals surface area contributed by atoms with Crippen molar-refractivity contribution in [3.05, 3.63) is 47.0 Å². The Balaban J connectivity index is 1.53. The molecule has 128 valence electrons. The van der Waals surface area contributed by atoms with E-state index in [1.807, 2.05) is 23.1 Å². The molecule has 1 fully saturated rings. The lowest BCUT2D eigenvalue weighted by atomic mass is 10.1. The largest absolute Gasteiger partial charge is 0.349 e. The van der Waals surface area contributed by atoms with Crippen LogP contribution in [0, 0.1) is 0 Å². The number of halogens is 1. The van der Waals surface area contributed by atoms with E-state index in [0.29, 0.717) is 17.9 Å². The Morgan fingerprint density at radius 1 is 1.38 bits per heavy atom. The lowest BCUT2D eigenvalue weighted by Crippen LogP contribution is -2.35. The third-order valence-corrected chi connectivity index (χ3v) is 5.30. The van der Waals surface area contributed by atoms with Crippen molar-refractivity contribution < 1.29 is 9.59 Å². The molecule has 2 atom stereocenters. The van der Waals surface area contributed by atoms with Crippen molar-refractivity contribution in [1.29, 1.82) is 0 Å². The molecule has 24 heavy (non-hydrogen) atoms. The fourth-order valence-electron chi connectivity index (χ4n) is 3.83. The molecule has 1 aromatic rings. The Morgan fingerprint density at radius 2 is 2.21 bits per heavy atom. The van der Waals surface area contributed by atoms with Crippen molar-refractivity contribution in [2.75, 3.05) is 6.54 Å². The number of nitrogens with one attached hydrogen (secondary N) is 1. The molecule has 0 aromatic heterocycles. The number of amides is 2. The maximum Gasteiger partial charge on any atom is 0.246 e. The molecule has 0 radical (unpaired) electrons. The fraction of sp³-hybridized carbons (Fsp3) is 0.474. The van der Waals surface area contributed by atoms with E-state index in [9.17, 15) is 9.59 Å². The summed E-state index contributed by atoms with van der Waals surface area (Å²) in [5, 5.41) is 3.83. The number of rotatable bonds is 5. The molecule has 1 aromatic carbocycles. The summed E-state index contributed by atoms with van der Waals surface area (Å²) in [6.45, 7) is 4.32.